The number of hydrogen-bond donors (Lipinski definition) is 1. The van der Waals surface area contributed by atoms with Gasteiger partial charge in [-0.15, -0.1) is 23.5 Å². The molecule has 2 rings (SSSR count). The molecule has 2 heterocycles. The highest BCUT2D eigenvalue weighted by atomic mass is 32.2. The summed E-state index contributed by atoms with van der Waals surface area (Å²) in [6, 6.07) is 0. The summed E-state index contributed by atoms with van der Waals surface area (Å²) in [5.74, 6) is 1.51. The highest BCUT2D eigenvalue weighted by Crippen LogP contribution is 2.42. The average molecular weight is 220 g/mol. The van der Waals surface area contributed by atoms with Crippen LogP contribution in [-0.2, 0) is 4.74 Å². The molecule has 2 aliphatic rings. The molecule has 1 N–H and O–H groups in total. The number of rotatable bonds is 1. The summed E-state index contributed by atoms with van der Waals surface area (Å²) < 4.78 is 5.77. The van der Waals surface area contributed by atoms with E-state index in [1.54, 1.807) is 0 Å². The van der Waals surface area contributed by atoms with Crippen molar-refractivity contribution in [1.29, 1.82) is 0 Å². The van der Waals surface area contributed by atoms with E-state index in [1.807, 2.05) is 23.5 Å². The minimum absolute atomic E-state index is 0.251. The van der Waals surface area contributed by atoms with Crippen molar-refractivity contribution in [2.24, 2.45) is 0 Å². The van der Waals surface area contributed by atoms with Crippen LogP contribution in [0.4, 0.5) is 0 Å². The topological polar surface area (TPSA) is 29.5 Å². The molecule has 2 nitrogen and oxygen atoms in total. The Morgan fingerprint density at radius 1 is 1.15 bits per heavy atom. The molecular weight excluding hydrogens is 204 g/mol. The summed E-state index contributed by atoms with van der Waals surface area (Å²) >= 11 is 3.71. The molecule has 0 amide bonds. The lowest BCUT2D eigenvalue weighted by atomic mass is 10.1. The van der Waals surface area contributed by atoms with Crippen molar-refractivity contribution in [1.82, 2.24) is 0 Å². The molecule has 4 heteroatoms. The first-order valence-corrected chi connectivity index (χ1v) is 7.00. The van der Waals surface area contributed by atoms with Gasteiger partial charge in [0.2, 0.25) is 0 Å². The Balaban J connectivity index is 1.94. The van der Waals surface area contributed by atoms with Gasteiger partial charge in [0.05, 0.1) is 6.61 Å². The molecule has 0 aromatic heterocycles. The molecule has 0 spiro atoms. The third-order valence-electron chi connectivity index (χ3n) is 2.48. The highest BCUT2D eigenvalue weighted by molar-refractivity contribution is 8.17. The van der Waals surface area contributed by atoms with E-state index < -0.39 is 5.79 Å². The van der Waals surface area contributed by atoms with E-state index in [-0.39, 0.29) is 4.58 Å². The van der Waals surface area contributed by atoms with Gasteiger partial charge in [0.1, 0.15) is 4.58 Å². The second kappa shape index (κ2) is 4.43. The van der Waals surface area contributed by atoms with E-state index in [9.17, 15) is 5.11 Å². The normalized spacial score (nSPS) is 37.6. The van der Waals surface area contributed by atoms with Crippen LogP contribution in [0.3, 0.4) is 0 Å². The van der Waals surface area contributed by atoms with Crippen LogP contribution in [0.5, 0.6) is 0 Å². The van der Waals surface area contributed by atoms with Gasteiger partial charge in [-0.05, 0) is 30.8 Å². The Bertz CT molecular complexity index is 163. The van der Waals surface area contributed by atoms with Crippen LogP contribution in [0.15, 0.2) is 0 Å². The van der Waals surface area contributed by atoms with Gasteiger partial charge in [-0.2, -0.15) is 0 Å². The number of hydrogen-bond acceptors (Lipinski definition) is 4. The minimum atomic E-state index is -0.825. The molecule has 1 atom stereocenters. The molecule has 0 bridgehead atoms. The fraction of sp³-hybridized carbons (Fsp3) is 1.00. The molecule has 1 unspecified atom stereocenters. The third kappa shape index (κ3) is 2.35. The van der Waals surface area contributed by atoms with Gasteiger partial charge in [-0.25, -0.2) is 0 Å². The zero-order chi connectivity index (χ0) is 9.15. The van der Waals surface area contributed by atoms with E-state index in [1.165, 1.54) is 17.9 Å². The summed E-state index contributed by atoms with van der Waals surface area (Å²) in [7, 11) is 0. The van der Waals surface area contributed by atoms with Crippen LogP contribution < -0.4 is 0 Å². The van der Waals surface area contributed by atoms with Crippen molar-refractivity contribution in [3.8, 4) is 0 Å². The smallest absolute Gasteiger partial charge is 0.186 e. The van der Waals surface area contributed by atoms with Gasteiger partial charge < -0.3 is 9.84 Å². The lowest BCUT2D eigenvalue weighted by molar-refractivity contribution is -0.212. The zero-order valence-electron chi connectivity index (χ0n) is 7.70. The summed E-state index contributed by atoms with van der Waals surface area (Å²) in [5.41, 5.74) is 0. The van der Waals surface area contributed by atoms with Crippen LogP contribution in [0.1, 0.15) is 25.7 Å². The van der Waals surface area contributed by atoms with E-state index in [0.29, 0.717) is 0 Å². The monoisotopic (exact) mass is 220 g/mol. The third-order valence-corrected chi connectivity index (χ3v) is 5.68. The molecule has 0 saturated carbocycles. The van der Waals surface area contributed by atoms with Crippen molar-refractivity contribution in [2.45, 2.75) is 36.1 Å². The summed E-state index contributed by atoms with van der Waals surface area (Å²) in [6.45, 7) is 0.730. The summed E-state index contributed by atoms with van der Waals surface area (Å²) in [6.07, 6.45) is 4.29. The molecule has 0 aromatic rings. The van der Waals surface area contributed by atoms with Gasteiger partial charge >= 0.3 is 0 Å². The molecule has 13 heavy (non-hydrogen) atoms. The fourth-order valence-corrected chi connectivity index (χ4v) is 4.82. The minimum Gasteiger partial charge on any atom is -0.364 e. The van der Waals surface area contributed by atoms with E-state index >= 15 is 0 Å². The lowest BCUT2D eigenvalue weighted by Gasteiger charge is -2.39. The van der Waals surface area contributed by atoms with Gasteiger partial charge in [0.15, 0.2) is 5.79 Å². The standard InChI is InChI=1S/C9H16O2S2/c10-9(4-1-2-5-11-9)8-12-6-3-7-13-8/h8,10H,1-7H2. The molecule has 2 aliphatic heterocycles. The Labute approximate surface area is 87.8 Å². The maximum atomic E-state index is 10.2. The molecule has 76 valence electrons. The largest absolute Gasteiger partial charge is 0.364 e. The predicted molar refractivity (Wildman–Crippen MR) is 58.1 cm³/mol. The van der Waals surface area contributed by atoms with Crippen molar-refractivity contribution in [2.75, 3.05) is 18.1 Å². The summed E-state index contributed by atoms with van der Waals surface area (Å²) in [5, 5.41) is 10.2. The van der Waals surface area contributed by atoms with Gasteiger partial charge in [-0.1, -0.05) is 0 Å². The molecule has 0 aromatic carbocycles. The lowest BCUT2D eigenvalue weighted by Crippen LogP contribution is -2.45. The number of aliphatic hydroxyl groups is 1. The Hall–Kier alpha value is 0.620. The van der Waals surface area contributed by atoms with E-state index in [0.717, 1.165) is 25.9 Å². The SMILES string of the molecule is OC1(C2SCCCS2)CCCCO1. The van der Waals surface area contributed by atoms with Crippen molar-refractivity contribution in [3.63, 3.8) is 0 Å². The van der Waals surface area contributed by atoms with E-state index in [2.05, 4.69) is 0 Å². The Morgan fingerprint density at radius 2 is 1.92 bits per heavy atom. The molecule has 0 aliphatic carbocycles. The van der Waals surface area contributed by atoms with E-state index in [4.69, 9.17) is 4.74 Å². The van der Waals surface area contributed by atoms with Crippen LogP contribution in [-0.4, -0.2) is 33.6 Å². The molecule has 0 radical (unpaired) electrons. The average Bonchev–Trinajstić information content (AvgIpc) is 2.20. The van der Waals surface area contributed by atoms with Gasteiger partial charge in [0, 0.05) is 6.42 Å². The quantitative estimate of drug-likeness (QED) is 0.732. The predicted octanol–water partition coefficient (Wildman–Crippen LogP) is 2.07. The van der Waals surface area contributed by atoms with Crippen LogP contribution in [0.25, 0.3) is 0 Å². The van der Waals surface area contributed by atoms with Gasteiger partial charge in [-0.3, -0.25) is 0 Å². The zero-order valence-corrected chi connectivity index (χ0v) is 9.33. The fourth-order valence-electron chi connectivity index (χ4n) is 1.74. The maximum Gasteiger partial charge on any atom is 0.186 e. The van der Waals surface area contributed by atoms with Crippen LogP contribution >= 0.6 is 23.5 Å². The van der Waals surface area contributed by atoms with Crippen molar-refractivity contribution < 1.29 is 9.84 Å². The second-order valence-electron chi connectivity index (χ2n) is 3.58. The molecule has 2 fully saturated rings. The Kier molecular flexibility index (Phi) is 3.46. The van der Waals surface area contributed by atoms with Gasteiger partial charge in [0.25, 0.3) is 0 Å². The molecular formula is C9H16O2S2. The van der Waals surface area contributed by atoms with Crippen LogP contribution in [0, 0.1) is 0 Å². The number of ether oxygens (including phenoxy) is 1. The highest BCUT2D eigenvalue weighted by Gasteiger charge is 2.40. The first-order chi connectivity index (χ1) is 6.31. The van der Waals surface area contributed by atoms with Crippen molar-refractivity contribution in [3.05, 3.63) is 0 Å². The first kappa shape index (κ1) is 10.1. The van der Waals surface area contributed by atoms with Crippen molar-refractivity contribution >= 4 is 23.5 Å². The Morgan fingerprint density at radius 3 is 2.54 bits per heavy atom. The number of thioether (sulfide) groups is 2. The summed E-state index contributed by atoms with van der Waals surface area (Å²) in [4.78, 5) is 0. The molecule has 2 saturated heterocycles. The second-order valence-corrected chi connectivity index (χ2v) is 6.30. The maximum absolute atomic E-state index is 10.2. The van der Waals surface area contributed by atoms with Crippen LogP contribution in [0.2, 0.25) is 0 Å². The first-order valence-electron chi connectivity index (χ1n) is 4.91.